The number of methoxy groups -OCH3 is 1. The molecule has 0 saturated carbocycles. The van der Waals surface area contributed by atoms with E-state index in [0.717, 1.165) is 28.4 Å². The van der Waals surface area contributed by atoms with E-state index in [2.05, 4.69) is 20.6 Å². The second kappa shape index (κ2) is 9.19. The zero-order valence-corrected chi connectivity index (χ0v) is 16.5. The van der Waals surface area contributed by atoms with Crippen molar-refractivity contribution in [2.24, 2.45) is 0 Å². The Hall–Kier alpha value is -3.12. The van der Waals surface area contributed by atoms with Crippen molar-refractivity contribution in [3.05, 3.63) is 76.4 Å². The van der Waals surface area contributed by atoms with E-state index < -0.39 is 0 Å². The van der Waals surface area contributed by atoms with Gasteiger partial charge in [-0.1, -0.05) is 23.7 Å². The molecule has 0 spiro atoms. The Morgan fingerprint density at radius 1 is 1.11 bits per heavy atom. The third-order valence-electron chi connectivity index (χ3n) is 4.02. The summed E-state index contributed by atoms with van der Waals surface area (Å²) < 4.78 is 4.71. The fourth-order valence-electron chi connectivity index (χ4n) is 2.68. The highest BCUT2D eigenvalue weighted by Crippen LogP contribution is 2.18. The summed E-state index contributed by atoms with van der Waals surface area (Å²) in [6.07, 6.45) is 0.815. The fourth-order valence-corrected chi connectivity index (χ4v) is 2.89. The Morgan fingerprint density at radius 3 is 2.61 bits per heavy atom. The van der Waals surface area contributed by atoms with E-state index >= 15 is 0 Å². The van der Waals surface area contributed by atoms with Crippen LogP contribution in [0.25, 0.3) is 0 Å². The van der Waals surface area contributed by atoms with Gasteiger partial charge in [0.25, 0.3) is 0 Å². The normalized spacial score (nSPS) is 10.4. The third kappa shape index (κ3) is 5.44. The molecule has 0 fully saturated rings. The first kappa shape index (κ1) is 19.6. The molecule has 1 heterocycles. The van der Waals surface area contributed by atoms with Gasteiger partial charge in [-0.25, -0.2) is 9.78 Å². The SMILES string of the molecule is COC(=O)c1ccc(Nc2cc(C)nc(NCCc3cccc(Cl)c3)n2)cc1. The maximum atomic E-state index is 11.5. The van der Waals surface area contributed by atoms with Gasteiger partial charge in [0.15, 0.2) is 0 Å². The van der Waals surface area contributed by atoms with E-state index in [1.807, 2.05) is 37.3 Å². The smallest absolute Gasteiger partial charge is 0.337 e. The van der Waals surface area contributed by atoms with Gasteiger partial charge < -0.3 is 15.4 Å². The van der Waals surface area contributed by atoms with Crippen molar-refractivity contribution >= 4 is 35.0 Å². The first-order valence-corrected chi connectivity index (χ1v) is 9.21. The molecule has 28 heavy (non-hydrogen) atoms. The van der Waals surface area contributed by atoms with Gasteiger partial charge in [-0.15, -0.1) is 0 Å². The summed E-state index contributed by atoms with van der Waals surface area (Å²) in [7, 11) is 1.36. The predicted octanol–water partition coefficient (Wildman–Crippen LogP) is 4.62. The standard InChI is InChI=1S/C21H21ClN4O2/c1-14-12-19(25-18-8-6-16(7-9-18)20(27)28-2)26-21(24-14)23-11-10-15-4-3-5-17(22)13-15/h3-9,12-13H,10-11H2,1-2H3,(H2,23,24,25,26). The van der Waals surface area contributed by atoms with Crippen molar-refractivity contribution in [2.45, 2.75) is 13.3 Å². The molecule has 0 radical (unpaired) electrons. The Balaban J connectivity index is 1.63. The van der Waals surface area contributed by atoms with Crippen molar-refractivity contribution in [2.75, 3.05) is 24.3 Å². The van der Waals surface area contributed by atoms with Crippen molar-refractivity contribution in [3.63, 3.8) is 0 Å². The Kier molecular flexibility index (Phi) is 6.45. The van der Waals surface area contributed by atoms with Crippen LogP contribution in [0.1, 0.15) is 21.6 Å². The molecular formula is C21H21ClN4O2. The van der Waals surface area contributed by atoms with Gasteiger partial charge in [0.1, 0.15) is 5.82 Å². The lowest BCUT2D eigenvalue weighted by atomic mass is 10.1. The van der Waals surface area contributed by atoms with Crippen LogP contribution in [-0.4, -0.2) is 29.6 Å². The molecule has 0 aliphatic carbocycles. The van der Waals surface area contributed by atoms with Crippen LogP contribution in [0.2, 0.25) is 5.02 Å². The van der Waals surface area contributed by atoms with Crippen LogP contribution in [0.3, 0.4) is 0 Å². The molecule has 0 unspecified atom stereocenters. The maximum Gasteiger partial charge on any atom is 0.337 e. The zero-order valence-electron chi connectivity index (χ0n) is 15.7. The molecular weight excluding hydrogens is 376 g/mol. The summed E-state index contributed by atoms with van der Waals surface area (Å²) in [6.45, 7) is 2.60. The van der Waals surface area contributed by atoms with Crippen LogP contribution in [0.5, 0.6) is 0 Å². The van der Waals surface area contributed by atoms with Gasteiger partial charge in [-0.05, 0) is 55.3 Å². The number of aryl methyl sites for hydroxylation is 1. The quantitative estimate of drug-likeness (QED) is 0.567. The monoisotopic (exact) mass is 396 g/mol. The summed E-state index contributed by atoms with van der Waals surface area (Å²) in [4.78, 5) is 20.4. The van der Waals surface area contributed by atoms with E-state index in [0.29, 0.717) is 23.9 Å². The second-order valence-corrected chi connectivity index (χ2v) is 6.66. The molecule has 7 heteroatoms. The van der Waals surface area contributed by atoms with E-state index in [-0.39, 0.29) is 5.97 Å². The average Bonchev–Trinajstić information content (AvgIpc) is 2.68. The van der Waals surface area contributed by atoms with Crippen molar-refractivity contribution in [3.8, 4) is 0 Å². The van der Waals surface area contributed by atoms with Gasteiger partial charge in [0.05, 0.1) is 12.7 Å². The number of hydrogen-bond donors (Lipinski definition) is 2. The second-order valence-electron chi connectivity index (χ2n) is 6.22. The first-order valence-electron chi connectivity index (χ1n) is 8.83. The highest BCUT2D eigenvalue weighted by Gasteiger charge is 2.06. The van der Waals surface area contributed by atoms with Crippen LogP contribution in [0.4, 0.5) is 17.5 Å². The lowest BCUT2D eigenvalue weighted by molar-refractivity contribution is 0.0601. The van der Waals surface area contributed by atoms with Gasteiger partial charge in [0, 0.05) is 29.0 Å². The molecule has 0 amide bonds. The summed E-state index contributed by atoms with van der Waals surface area (Å²) in [5, 5.41) is 7.20. The summed E-state index contributed by atoms with van der Waals surface area (Å²) in [5.74, 6) is 0.856. The Labute approximate surface area is 168 Å². The molecule has 3 rings (SSSR count). The minimum absolute atomic E-state index is 0.365. The molecule has 3 aromatic rings. The molecule has 2 aromatic carbocycles. The number of anilines is 3. The molecule has 0 atom stereocenters. The van der Waals surface area contributed by atoms with Gasteiger partial charge in [0.2, 0.25) is 5.95 Å². The molecule has 0 bridgehead atoms. The van der Waals surface area contributed by atoms with Crippen LogP contribution >= 0.6 is 11.6 Å². The molecule has 0 aliphatic heterocycles. The number of aromatic nitrogens is 2. The first-order chi connectivity index (χ1) is 13.5. The highest BCUT2D eigenvalue weighted by atomic mass is 35.5. The molecule has 1 aromatic heterocycles. The summed E-state index contributed by atoms with van der Waals surface area (Å²) in [6, 6.07) is 16.6. The van der Waals surface area contributed by atoms with Crippen LogP contribution in [0, 0.1) is 6.92 Å². The number of nitrogens with zero attached hydrogens (tertiary/aromatic N) is 2. The minimum Gasteiger partial charge on any atom is -0.465 e. The molecule has 144 valence electrons. The predicted molar refractivity (Wildman–Crippen MR) is 111 cm³/mol. The number of nitrogens with one attached hydrogen (secondary N) is 2. The van der Waals surface area contributed by atoms with E-state index in [9.17, 15) is 4.79 Å². The summed E-state index contributed by atoms with van der Waals surface area (Å²) >= 11 is 6.02. The number of ether oxygens (including phenoxy) is 1. The number of esters is 1. The van der Waals surface area contributed by atoms with Gasteiger partial charge in [-0.2, -0.15) is 4.98 Å². The molecule has 0 aliphatic rings. The fraction of sp³-hybridized carbons (Fsp3) is 0.190. The Morgan fingerprint density at radius 2 is 1.89 bits per heavy atom. The number of carbonyl (C=O) groups is 1. The van der Waals surface area contributed by atoms with Crippen molar-refractivity contribution in [1.82, 2.24) is 9.97 Å². The average molecular weight is 397 g/mol. The van der Waals surface area contributed by atoms with Crippen LogP contribution in [-0.2, 0) is 11.2 Å². The Bertz CT molecular complexity index is 961. The van der Waals surface area contributed by atoms with E-state index in [1.54, 1.807) is 24.3 Å². The largest absolute Gasteiger partial charge is 0.465 e. The third-order valence-corrected chi connectivity index (χ3v) is 4.25. The van der Waals surface area contributed by atoms with Crippen molar-refractivity contribution in [1.29, 1.82) is 0 Å². The molecule has 0 saturated heterocycles. The topological polar surface area (TPSA) is 76.1 Å². The molecule has 6 nitrogen and oxygen atoms in total. The van der Waals surface area contributed by atoms with Crippen LogP contribution < -0.4 is 10.6 Å². The highest BCUT2D eigenvalue weighted by molar-refractivity contribution is 6.30. The van der Waals surface area contributed by atoms with Gasteiger partial charge >= 0.3 is 5.97 Å². The van der Waals surface area contributed by atoms with E-state index in [4.69, 9.17) is 16.3 Å². The number of benzene rings is 2. The number of halogens is 1. The maximum absolute atomic E-state index is 11.5. The van der Waals surface area contributed by atoms with Crippen LogP contribution in [0.15, 0.2) is 54.6 Å². The lowest BCUT2D eigenvalue weighted by Crippen LogP contribution is -2.09. The lowest BCUT2D eigenvalue weighted by Gasteiger charge is -2.10. The molecule has 2 N–H and O–H groups in total. The summed E-state index contributed by atoms with van der Waals surface area (Å²) in [5.41, 5.74) is 3.30. The minimum atomic E-state index is -0.365. The number of carbonyl (C=O) groups excluding carboxylic acids is 1. The van der Waals surface area contributed by atoms with E-state index in [1.165, 1.54) is 7.11 Å². The van der Waals surface area contributed by atoms with Gasteiger partial charge in [-0.3, -0.25) is 0 Å². The number of hydrogen-bond acceptors (Lipinski definition) is 6. The zero-order chi connectivity index (χ0) is 19.9. The number of rotatable bonds is 7. The van der Waals surface area contributed by atoms with Crippen molar-refractivity contribution < 1.29 is 9.53 Å².